The van der Waals surface area contributed by atoms with E-state index in [2.05, 4.69) is 18.8 Å². The van der Waals surface area contributed by atoms with Crippen LogP contribution in [0.3, 0.4) is 0 Å². The Bertz CT molecular complexity index is 1370. The number of amides is 1. The minimum Gasteiger partial charge on any atom is -0.494 e. The molecule has 0 heterocycles. The zero-order chi connectivity index (χ0) is 36.9. The number of esters is 1. The zero-order valence-corrected chi connectivity index (χ0v) is 31.7. The average Bonchev–Trinajstić information content (AvgIpc) is 3.17. The van der Waals surface area contributed by atoms with Crippen molar-refractivity contribution in [2.45, 2.75) is 129 Å². The fraction of sp³-hybridized carbons (Fsp3) is 0.511. The van der Waals surface area contributed by atoms with E-state index in [9.17, 15) is 9.59 Å². The standard InChI is InChI=1S/C45H63NO6/c1-3-5-6-7-8-10-13-16-19-34-49-41-28-22-38(23-29-41)37-52-43-32-26-40(27-33-43)46-45(48)39-24-30-42(31-25-39)50-35-20-17-14-11-9-12-15-18-21-36-51-44(47)4-2/h4,22-33H,2-3,5-21,34-37H2,1H3,(H,46,48). The van der Waals surface area contributed by atoms with Gasteiger partial charge in [0.1, 0.15) is 23.9 Å². The van der Waals surface area contributed by atoms with E-state index in [0.29, 0.717) is 31.1 Å². The minimum atomic E-state index is -0.340. The molecule has 0 fully saturated rings. The molecule has 0 saturated carbocycles. The van der Waals surface area contributed by atoms with E-state index >= 15 is 0 Å². The third kappa shape index (κ3) is 19.4. The van der Waals surface area contributed by atoms with Crippen molar-refractivity contribution >= 4 is 17.6 Å². The summed E-state index contributed by atoms with van der Waals surface area (Å²) in [4.78, 5) is 23.8. The summed E-state index contributed by atoms with van der Waals surface area (Å²) in [6, 6.07) is 22.8. The van der Waals surface area contributed by atoms with Gasteiger partial charge in [0, 0.05) is 17.3 Å². The maximum Gasteiger partial charge on any atom is 0.330 e. The summed E-state index contributed by atoms with van der Waals surface area (Å²) in [5.74, 6) is 1.90. The molecule has 0 aliphatic rings. The van der Waals surface area contributed by atoms with Gasteiger partial charge in [-0.3, -0.25) is 4.79 Å². The molecule has 0 radical (unpaired) electrons. The van der Waals surface area contributed by atoms with Crippen molar-refractivity contribution in [2.24, 2.45) is 0 Å². The van der Waals surface area contributed by atoms with Crippen LogP contribution in [0.25, 0.3) is 0 Å². The molecule has 0 aliphatic carbocycles. The van der Waals surface area contributed by atoms with Gasteiger partial charge < -0.3 is 24.3 Å². The van der Waals surface area contributed by atoms with Gasteiger partial charge in [0.25, 0.3) is 5.91 Å². The van der Waals surface area contributed by atoms with Crippen LogP contribution in [0.15, 0.2) is 85.5 Å². The molecule has 1 amide bonds. The average molecular weight is 714 g/mol. The Balaban J connectivity index is 1.21. The summed E-state index contributed by atoms with van der Waals surface area (Å²) in [5, 5.41) is 2.95. The first-order valence-electron chi connectivity index (χ1n) is 19.9. The molecule has 3 aromatic carbocycles. The first-order chi connectivity index (χ1) is 25.6. The highest BCUT2D eigenvalue weighted by Gasteiger charge is 2.07. The van der Waals surface area contributed by atoms with Crippen molar-refractivity contribution in [1.82, 2.24) is 0 Å². The van der Waals surface area contributed by atoms with Gasteiger partial charge in [0.2, 0.25) is 0 Å². The normalized spacial score (nSPS) is 10.8. The van der Waals surface area contributed by atoms with Crippen LogP contribution in [-0.2, 0) is 16.1 Å². The quantitative estimate of drug-likeness (QED) is 0.0421. The van der Waals surface area contributed by atoms with Gasteiger partial charge >= 0.3 is 5.97 Å². The third-order valence-electron chi connectivity index (χ3n) is 9.04. The van der Waals surface area contributed by atoms with E-state index < -0.39 is 0 Å². The molecule has 0 aromatic heterocycles. The smallest absolute Gasteiger partial charge is 0.330 e. The summed E-state index contributed by atoms with van der Waals surface area (Å²) in [5.41, 5.74) is 2.35. The predicted octanol–water partition coefficient (Wildman–Crippen LogP) is 12.0. The SMILES string of the molecule is C=CC(=O)OCCCCCCCCCCCOc1ccc(C(=O)Nc2ccc(OCc3ccc(OCCCCCCCCCCC)cc3)cc2)cc1. The van der Waals surface area contributed by atoms with E-state index in [0.717, 1.165) is 61.5 Å². The maximum atomic E-state index is 12.8. The molecule has 0 unspecified atom stereocenters. The van der Waals surface area contributed by atoms with Gasteiger partial charge in [-0.25, -0.2) is 4.79 Å². The lowest BCUT2D eigenvalue weighted by Gasteiger charge is -2.10. The van der Waals surface area contributed by atoms with Crippen molar-refractivity contribution in [3.63, 3.8) is 0 Å². The molecule has 0 atom stereocenters. The van der Waals surface area contributed by atoms with Crippen LogP contribution < -0.4 is 19.5 Å². The van der Waals surface area contributed by atoms with Crippen LogP contribution in [0.2, 0.25) is 0 Å². The largest absolute Gasteiger partial charge is 0.494 e. The third-order valence-corrected chi connectivity index (χ3v) is 9.04. The molecule has 3 rings (SSSR count). The predicted molar refractivity (Wildman–Crippen MR) is 213 cm³/mol. The molecule has 284 valence electrons. The number of rotatable bonds is 30. The molecule has 1 N–H and O–H groups in total. The summed E-state index contributed by atoms with van der Waals surface area (Å²) < 4.78 is 22.8. The number of carbonyl (C=O) groups excluding carboxylic acids is 2. The second kappa shape index (κ2) is 27.4. The Morgan fingerprint density at radius 1 is 0.538 bits per heavy atom. The first-order valence-corrected chi connectivity index (χ1v) is 19.9. The second-order valence-corrected chi connectivity index (χ2v) is 13.5. The topological polar surface area (TPSA) is 83.1 Å². The van der Waals surface area contributed by atoms with E-state index in [1.165, 1.54) is 89.5 Å². The van der Waals surface area contributed by atoms with Crippen LogP contribution >= 0.6 is 0 Å². The van der Waals surface area contributed by atoms with E-state index in [4.69, 9.17) is 18.9 Å². The number of ether oxygens (including phenoxy) is 4. The van der Waals surface area contributed by atoms with Crippen LogP contribution in [0.5, 0.6) is 17.2 Å². The number of hydrogen-bond acceptors (Lipinski definition) is 6. The Morgan fingerprint density at radius 2 is 0.962 bits per heavy atom. The highest BCUT2D eigenvalue weighted by atomic mass is 16.5. The van der Waals surface area contributed by atoms with Crippen LogP contribution in [0, 0.1) is 0 Å². The number of nitrogens with one attached hydrogen (secondary N) is 1. The van der Waals surface area contributed by atoms with Gasteiger partial charge in [0.15, 0.2) is 0 Å². The fourth-order valence-electron chi connectivity index (χ4n) is 5.85. The summed E-state index contributed by atoms with van der Waals surface area (Å²) >= 11 is 0. The number of anilines is 1. The van der Waals surface area contributed by atoms with Crippen molar-refractivity contribution in [2.75, 3.05) is 25.1 Å². The van der Waals surface area contributed by atoms with Gasteiger partial charge in [-0.2, -0.15) is 0 Å². The lowest BCUT2D eigenvalue weighted by molar-refractivity contribution is -0.137. The fourth-order valence-corrected chi connectivity index (χ4v) is 5.85. The minimum absolute atomic E-state index is 0.170. The molecule has 0 bridgehead atoms. The number of carbonyl (C=O) groups is 2. The number of unbranched alkanes of at least 4 members (excludes halogenated alkanes) is 16. The van der Waals surface area contributed by atoms with E-state index in [1.54, 1.807) is 12.1 Å². The molecule has 3 aromatic rings. The zero-order valence-electron chi connectivity index (χ0n) is 31.7. The van der Waals surface area contributed by atoms with E-state index in [-0.39, 0.29) is 11.9 Å². The van der Waals surface area contributed by atoms with E-state index in [1.807, 2.05) is 60.7 Å². The van der Waals surface area contributed by atoms with Crippen LogP contribution in [-0.4, -0.2) is 31.7 Å². The summed E-state index contributed by atoms with van der Waals surface area (Å²) in [6.45, 7) is 8.03. The van der Waals surface area contributed by atoms with Crippen molar-refractivity contribution in [3.05, 3.63) is 96.6 Å². The van der Waals surface area contributed by atoms with Gasteiger partial charge in [-0.15, -0.1) is 0 Å². The summed E-state index contributed by atoms with van der Waals surface area (Å²) in [6.07, 6.45) is 23.2. The highest BCUT2D eigenvalue weighted by Crippen LogP contribution is 2.21. The molecular weight excluding hydrogens is 650 g/mol. The Labute approximate surface area is 313 Å². The number of benzene rings is 3. The molecule has 0 saturated heterocycles. The van der Waals surface area contributed by atoms with Crippen LogP contribution in [0.4, 0.5) is 5.69 Å². The van der Waals surface area contributed by atoms with Crippen LogP contribution in [0.1, 0.15) is 138 Å². The Hall–Kier alpha value is -4.26. The monoisotopic (exact) mass is 713 g/mol. The molecule has 52 heavy (non-hydrogen) atoms. The Kier molecular flexibility index (Phi) is 22.2. The van der Waals surface area contributed by atoms with Gasteiger partial charge in [-0.05, 0) is 85.5 Å². The first kappa shape index (κ1) is 42.2. The maximum absolute atomic E-state index is 12.8. The van der Waals surface area contributed by atoms with Crippen molar-refractivity contribution < 1.29 is 28.5 Å². The number of hydrogen-bond donors (Lipinski definition) is 1. The van der Waals surface area contributed by atoms with Gasteiger partial charge in [0.05, 0.1) is 19.8 Å². The molecular formula is C45H63NO6. The summed E-state index contributed by atoms with van der Waals surface area (Å²) in [7, 11) is 0. The lowest BCUT2D eigenvalue weighted by atomic mass is 10.1. The Morgan fingerprint density at radius 3 is 1.46 bits per heavy atom. The molecule has 7 heteroatoms. The molecule has 7 nitrogen and oxygen atoms in total. The second-order valence-electron chi connectivity index (χ2n) is 13.5. The highest BCUT2D eigenvalue weighted by molar-refractivity contribution is 6.04. The van der Waals surface area contributed by atoms with Crippen molar-refractivity contribution in [1.29, 1.82) is 0 Å². The molecule has 0 aliphatic heterocycles. The van der Waals surface area contributed by atoms with Crippen molar-refractivity contribution in [3.8, 4) is 17.2 Å². The molecule has 0 spiro atoms. The lowest BCUT2D eigenvalue weighted by Crippen LogP contribution is -2.11. The van der Waals surface area contributed by atoms with Gasteiger partial charge in [-0.1, -0.05) is 122 Å².